The number of rotatable bonds is 1. The van der Waals surface area contributed by atoms with Crippen LogP contribution in [0.2, 0.25) is 0 Å². The first-order valence-corrected chi connectivity index (χ1v) is 3.37. The molecule has 1 aliphatic heterocycles. The molecule has 0 aromatic carbocycles. The van der Waals surface area contributed by atoms with Gasteiger partial charge in [0.05, 0.1) is 12.1 Å². The molecule has 0 amide bonds. The van der Waals surface area contributed by atoms with Crippen molar-refractivity contribution in [3.05, 3.63) is 0 Å². The number of hydrogen-bond donors (Lipinski definition) is 1. The first-order chi connectivity index (χ1) is 4.47. The highest BCUT2D eigenvalue weighted by atomic mass is 16.5. The smallest absolute Gasteiger partial charge is 0.142 e. The van der Waals surface area contributed by atoms with Gasteiger partial charge < -0.3 is 9.53 Å². The van der Waals surface area contributed by atoms with Crippen LogP contribution in [0.25, 0.3) is 0 Å². The molecule has 0 aromatic heterocycles. The van der Waals surface area contributed by atoms with Crippen LogP contribution in [0.1, 0.15) is 20.8 Å². The first-order valence-electron chi connectivity index (χ1n) is 3.37. The van der Waals surface area contributed by atoms with Crippen LogP contribution in [-0.2, 0) is 9.53 Å². The van der Waals surface area contributed by atoms with Gasteiger partial charge in [-0.1, -0.05) is 0 Å². The zero-order chi connectivity index (χ0) is 7.83. The van der Waals surface area contributed by atoms with Crippen LogP contribution in [0.3, 0.4) is 0 Å². The summed E-state index contributed by atoms with van der Waals surface area (Å²) in [6.07, 6.45) is 0.891. The van der Waals surface area contributed by atoms with Gasteiger partial charge in [-0.3, -0.25) is 5.32 Å². The molecule has 1 fully saturated rings. The topological polar surface area (TPSA) is 38.3 Å². The summed E-state index contributed by atoms with van der Waals surface area (Å²) in [7, 11) is 0. The lowest BCUT2D eigenvalue weighted by molar-refractivity contribution is -0.112. The standard InChI is InChI=1S/C7H13NO2/c1-6(2)8-7(3,4-9)5-10-6/h4,8H,5H2,1-3H3/t7-/m0/s1. The summed E-state index contributed by atoms with van der Waals surface area (Å²) >= 11 is 0. The molecule has 0 saturated carbocycles. The average Bonchev–Trinajstić information content (AvgIpc) is 2.08. The van der Waals surface area contributed by atoms with Crippen molar-refractivity contribution in [1.29, 1.82) is 0 Å². The highest BCUT2D eigenvalue weighted by molar-refractivity contribution is 5.64. The van der Waals surface area contributed by atoms with Crippen molar-refractivity contribution in [2.45, 2.75) is 32.0 Å². The lowest BCUT2D eigenvalue weighted by atomic mass is 10.1. The number of hydrogen-bond acceptors (Lipinski definition) is 3. The van der Waals surface area contributed by atoms with Crippen LogP contribution in [0, 0.1) is 0 Å². The van der Waals surface area contributed by atoms with Crippen molar-refractivity contribution >= 4 is 6.29 Å². The van der Waals surface area contributed by atoms with E-state index in [1.54, 1.807) is 0 Å². The normalized spacial score (nSPS) is 37.9. The van der Waals surface area contributed by atoms with E-state index in [0.29, 0.717) is 6.61 Å². The molecule has 1 saturated heterocycles. The summed E-state index contributed by atoms with van der Waals surface area (Å²) in [6.45, 7) is 6.10. The fourth-order valence-corrected chi connectivity index (χ4v) is 1.15. The van der Waals surface area contributed by atoms with Crippen molar-refractivity contribution in [1.82, 2.24) is 5.32 Å². The van der Waals surface area contributed by atoms with Crippen LogP contribution in [-0.4, -0.2) is 24.2 Å². The molecule has 1 N–H and O–H groups in total. The Morgan fingerprint density at radius 1 is 1.50 bits per heavy atom. The minimum Gasteiger partial charge on any atom is -0.359 e. The van der Waals surface area contributed by atoms with E-state index in [0.717, 1.165) is 6.29 Å². The molecule has 1 atom stereocenters. The monoisotopic (exact) mass is 143 g/mol. The Morgan fingerprint density at radius 3 is 2.30 bits per heavy atom. The van der Waals surface area contributed by atoms with E-state index in [4.69, 9.17) is 4.74 Å². The zero-order valence-corrected chi connectivity index (χ0v) is 6.60. The van der Waals surface area contributed by atoms with Gasteiger partial charge in [0.1, 0.15) is 12.0 Å². The second kappa shape index (κ2) is 2.04. The quantitative estimate of drug-likeness (QED) is 0.536. The zero-order valence-electron chi connectivity index (χ0n) is 6.60. The van der Waals surface area contributed by atoms with Crippen molar-refractivity contribution in [3.8, 4) is 0 Å². The Balaban J connectivity index is 2.66. The molecule has 1 heterocycles. The second-order valence-corrected chi connectivity index (χ2v) is 3.46. The van der Waals surface area contributed by atoms with Crippen molar-refractivity contribution < 1.29 is 9.53 Å². The maximum absolute atomic E-state index is 10.5. The predicted octanol–water partition coefficient (Wildman–Crippen LogP) is 0.300. The maximum atomic E-state index is 10.5. The highest BCUT2D eigenvalue weighted by Crippen LogP contribution is 2.20. The number of carbonyl (C=O) groups is 1. The van der Waals surface area contributed by atoms with E-state index in [1.807, 2.05) is 20.8 Å². The molecule has 0 radical (unpaired) electrons. The Morgan fingerprint density at radius 2 is 2.10 bits per heavy atom. The average molecular weight is 143 g/mol. The van der Waals surface area contributed by atoms with Crippen molar-refractivity contribution in [2.75, 3.05) is 6.61 Å². The SMILES string of the molecule is CC1(C)N[C@@](C)(C=O)CO1. The molecular formula is C7H13NO2. The van der Waals surface area contributed by atoms with Gasteiger partial charge >= 0.3 is 0 Å². The Kier molecular flexibility index (Phi) is 1.57. The molecule has 3 heteroatoms. The van der Waals surface area contributed by atoms with E-state index in [2.05, 4.69) is 5.32 Å². The Labute approximate surface area is 60.7 Å². The minimum atomic E-state index is -0.483. The van der Waals surface area contributed by atoms with Gasteiger partial charge in [0.15, 0.2) is 0 Å². The van der Waals surface area contributed by atoms with Crippen LogP contribution in [0.15, 0.2) is 0 Å². The Bertz CT molecular complexity index is 156. The van der Waals surface area contributed by atoms with E-state index >= 15 is 0 Å². The fraction of sp³-hybridized carbons (Fsp3) is 0.857. The summed E-state index contributed by atoms with van der Waals surface area (Å²) in [5, 5.41) is 3.07. The summed E-state index contributed by atoms with van der Waals surface area (Å²) in [5.74, 6) is 0. The second-order valence-electron chi connectivity index (χ2n) is 3.46. The Hall–Kier alpha value is -0.410. The minimum absolute atomic E-state index is 0.352. The van der Waals surface area contributed by atoms with Gasteiger partial charge in [0.25, 0.3) is 0 Å². The van der Waals surface area contributed by atoms with E-state index in [9.17, 15) is 4.79 Å². The number of nitrogens with one attached hydrogen (secondary N) is 1. The molecule has 0 aliphatic carbocycles. The van der Waals surface area contributed by atoms with E-state index in [-0.39, 0.29) is 5.72 Å². The number of carbonyl (C=O) groups excluding carboxylic acids is 1. The van der Waals surface area contributed by atoms with Crippen LogP contribution in [0.4, 0.5) is 0 Å². The van der Waals surface area contributed by atoms with Gasteiger partial charge in [-0.25, -0.2) is 0 Å². The molecule has 0 spiro atoms. The lowest BCUT2D eigenvalue weighted by Gasteiger charge is -2.20. The van der Waals surface area contributed by atoms with E-state index in [1.165, 1.54) is 0 Å². The van der Waals surface area contributed by atoms with Gasteiger partial charge in [-0.05, 0) is 20.8 Å². The largest absolute Gasteiger partial charge is 0.359 e. The molecule has 0 unspecified atom stereocenters. The molecule has 0 bridgehead atoms. The third kappa shape index (κ3) is 1.36. The summed E-state index contributed by atoms with van der Waals surface area (Å²) in [6, 6.07) is 0. The summed E-state index contributed by atoms with van der Waals surface area (Å²) in [5.41, 5.74) is -0.834. The fourth-order valence-electron chi connectivity index (χ4n) is 1.15. The van der Waals surface area contributed by atoms with Gasteiger partial charge in [0.2, 0.25) is 0 Å². The van der Waals surface area contributed by atoms with Gasteiger partial charge in [-0.15, -0.1) is 0 Å². The lowest BCUT2D eigenvalue weighted by Crippen LogP contribution is -2.47. The van der Waals surface area contributed by atoms with Crippen molar-refractivity contribution in [2.24, 2.45) is 0 Å². The molecular weight excluding hydrogens is 130 g/mol. The van der Waals surface area contributed by atoms with E-state index < -0.39 is 5.54 Å². The first kappa shape index (κ1) is 7.69. The van der Waals surface area contributed by atoms with Crippen LogP contribution < -0.4 is 5.32 Å². The highest BCUT2D eigenvalue weighted by Gasteiger charge is 2.39. The maximum Gasteiger partial charge on any atom is 0.142 e. The van der Waals surface area contributed by atoms with Gasteiger partial charge in [-0.2, -0.15) is 0 Å². The third-order valence-electron chi connectivity index (χ3n) is 1.58. The molecule has 1 rings (SSSR count). The van der Waals surface area contributed by atoms with Gasteiger partial charge in [0, 0.05) is 0 Å². The summed E-state index contributed by atoms with van der Waals surface area (Å²) < 4.78 is 5.30. The molecule has 3 nitrogen and oxygen atoms in total. The summed E-state index contributed by atoms with van der Waals surface area (Å²) in [4.78, 5) is 10.5. The molecule has 10 heavy (non-hydrogen) atoms. The van der Waals surface area contributed by atoms with Crippen LogP contribution >= 0.6 is 0 Å². The number of ether oxygens (including phenoxy) is 1. The molecule has 58 valence electrons. The molecule has 0 aromatic rings. The third-order valence-corrected chi connectivity index (χ3v) is 1.58. The predicted molar refractivity (Wildman–Crippen MR) is 37.6 cm³/mol. The molecule has 1 aliphatic rings. The van der Waals surface area contributed by atoms with Crippen molar-refractivity contribution in [3.63, 3.8) is 0 Å². The number of aldehydes is 1. The van der Waals surface area contributed by atoms with Crippen LogP contribution in [0.5, 0.6) is 0 Å².